The van der Waals surface area contributed by atoms with Crippen molar-refractivity contribution in [1.82, 2.24) is 0 Å². The summed E-state index contributed by atoms with van der Waals surface area (Å²) < 4.78 is 10.8. The van der Waals surface area contributed by atoms with Gasteiger partial charge in [0.15, 0.2) is 0 Å². The lowest BCUT2D eigenvalue weighted by atomic mass is 9.91. The van der Waals surface area contributed by atoms with Crippen LogP contribution in [0.4, 0.5) is 4.79 Å². The summed E-state index contributed by atoms with van der Waals surface area (Å²) in [6.07, 6.45) is -1.31. The van der Waals surface area contributed by atoms with Gasteiger partial charge in [-0.25, -0.2) is 4.79 Å². The Hall–Kier alpha value is -2.33. The van der Waals surface area contributed by atoms with Gasteiger partial charge in [0, 0.05) is 18.1 Å². The molecule has 4 nitrogen and oxygen atoms in total. The number of rotatable bonds is 7. The first-order valence-electron chi connectivity index (χ1n) is 7.70. The summed E-state index contributed by atoms with van der Waals surface area (Å²) >= 11 is 0. The van der Waals surface area contributed by atoms with E-state index in [2.05, 4.69) is 13.8 Å². The summed E-state index contributed by atoms with van der Waals surface area (Å²) in [6, 6.07) is 17.1. The monoisotopic (exact) mass is 314 g/mol. The molecule has 0 bridgehead atoms. The Kier molecular flexibility index (Phi) is 6.18. The lowest BCUT2D eigenvalue weighted by molar-refractivity contribution is 0.103. The van der Waals surface area contributed by atoms with Crippen LogP contribution in [-0.4, -0.2) is 24.5 Å². The van der Waals surface area contributed by atoms with E-state index < -0.39 is 6.16 Å². The molecule has 0 heterocycles. The van der Waals surface area contributed by atoms with Crippen LogP contribution in [0.3, 0.4) is 0 Å². The van der Waals surface area contributed by atoms with Gasteiger partial charge in [0.2, 0.25) is 0 Å². The molecule has 0 saturated heterocycles. The Morgan fingerprint density at radius 2 is 1.65 bits per heavy atom. The van der Waals surface area contributed by atoms with Crippen LogP contribution < -0.4 is 4.74 Å². The van der Waals surface area contributed by atoms with Crippen molar-refractivity contribution in [2.75, 3.05) is 13.2 Å². The molecule has 0 aliphatic carbocycles. The molecule has 4 heteroatoms. The second-order valence-electron chi connectivity index (χ2n) is 5.80. The van der Waals surface area contributed by atoms with Crippen molar-refractivity contribution >= 4 is 6.16 Å². The number of hydrogen-bond donors (Lipinski definition) is 1. The van der Waals surface area contributed by atoms with Crippen molar-refractivity contribution in [3.05, 3.63) is 65.7 Å². The van der Waals surface area contributed by atoms with Crippen LogP contribution >= 0.6 is 0 Å². The van der Waals surface area contributed by atoms with Crippen LogP contribution in [0.15, 0.2) is 54.6 Å². The summed E-state index contributed by atoms with van der Waals surface area (Å²) in [5.74, 6) is 0.712. The zero-order valence-corrected chi connectivity index (χ0v) is 13.4. The van der Waals surface area contributed by atoms with Crippen LogP contribution in [0.5, 0.6) is 5.75 Å². The van der Waals surface area contributed by atoms with Gasteiger partial charge in [-0.15, -0.1) is 0 Å². The molecule has 0 aromatic heterocycles. The molecule has 2 rings (SSSR count). The normalized spacial score (nSPS) is 12.1. The molecule has 0 fully saturated rings. The molecule has 0 aliphatic rings. The fourth-order valence-corrected chi connectivity index (χ4v) is 2.43. The lowest BCUT2D eigenvalue weighted by Crippen LogP contribution is -2.15. The molecule has 0 saturated carbocycles. The highest BCUT2D eigenvalue weighted by molar-refractivity contribution is 5.62. The topological polar surface area (TPSA) is 55.8 Å². The van der Waals surface area contributed by atoms with E-state index in [9.17, 15) is 4.79 Å². The van der Waals surface area contributed by atoms with Gasteiger partial charge in [0.25, 0.3) is 0 Å². The highest BCUT2D eigenvalue weighted by Gasteiger charge is 2.20. The minimum atomic E-state index is -1.31. The van der Waals surface area contributed by atoms with E-state index in [1.54, 1.807) is 12.1 Å². The van der Waals surface area contributed by atoms with Crippen LogP contribution in [0, 0.1) is 5.92 Å². The van der Waals surface area contributed by atoms with Gasteiger partial charge in [0.1, 0.15) is 5.75 Å². The summed E-state index contributed by atoms with van der Waals surface area (Å²) in [4.78, 5) is 10.9. The molecular weight excluding hydrogens is 292 g/mol. The van der Waals surface area contributed by atoms with Crippen LogP contribution in [-0.2, 0) is 4.74 Å². The number of carboxylic acid groups (broad SMARTS) is 1. The van der Waals surface area contributed by atoms with Crippen LogP contribution in [0.25, 0.3) is 0 Å². The summed E-state index contributed by atoms with van der Waals surface area (Å²) in [7, 11) is 0. The van der Waals surface area contributed by atoms with Gasteiger partial charge in [-0.1, -0.05) is 62.4 Å². The third-order valence-corrected chi connectivity index (χ3v) is 3.43. The van der Waals surface area contributed by atoms with Gasteiger partial charge in [0.05, 0.1) is 6.61 Å². The lowest BCUT2D eigenvalue weighted by Gasteiger charge is -2.21. The molecular formula is C19H22O4. The smallest absolute Gasteiger partial charge is 0.449 e. The van der Waals surface area contributed by atoms with Crippen molar-refractivity contribution < 1.29 is 19.4 Å². The third kappa shape index (κ3) is 5.11. The second-order valence-corrected chi connectivity index (χ2v) is 5.80. The number of ether oxygens (including phenoxy) is 2. The fraction of sp³-hybridized carbons (Fsp3) is 0.316. The molecule has 0 spiro atoms. The van der Waals surface area contributed by atoms with Gasteiger partial charge < -0.3 is 14.6 Å². The Morgan fingerprint density at radius 3 is 2.30 bits per heavy atom. The highest BCUT2D eigenvalue weighted by Crippen LogP contribution is 2.32. The molecule has 0 radical (unpaired) electrons. The molecule has 23 heavy (non-hydrogen) atoms. The fourth-order valence-electron chi connectivity index (χ4n) is 2.43. The van der Waals surface area contributed by atoms with Gasteiger partial charge in [-0.3, -0.25) is 0 Å². The van der Waals surface area contributed by atoms with E-state index in [-0.39, 0.29) is 5.92 Å². The van der Waals surface area contributed by atoms with Gasteiger partial charge >= 0.3 is 6.16 Å². The number of carbonyl (C=O) groups is 1. The van der Waals surface area contributed by atoms with E-state index in [4.69, 9.17) is 14.6 Å². The molecule has 0 amide bonds. The Labute approximate surface area is 136 Å². The summed E-state index contributed by atoms with van der Waals surface area (Å²) in [6.45, 7) is 5.32. The average Bonchev–Trinajstić information content (AvgIpc) is 2.52. The molecule has 0 aliphatic heterocycles. The molecule has 1 atom stereocenters. The largest absolute Gasteiger partial charge is 0.511 e. The number of para-hydroxylation sites is 1. The van der Waals surface area contributed by atoms with Gasteiger partial charge in [-0.2, -0.15) is 0 Å². The zero-order chi connectivity index (χ0) is 16.7. The van der Waals surface area contributed by atoms with E-state index in [1.165, 1.54) is 0 Å². The minimum absolute atomic E-state index is 0.0782. The van der Waals surface area contributed by atoms with Crippen molar-refractivity contribution in [2.24, 2.45) is 5.92 Å². The maximum atomic E-state index is 10.9. The first kappa shape index (κ1) is 17.0. The molecule has 2 aromatic carbocycles. The molecule has 2 aromatic rings. The molecule has 1 unspecified atom stereocenters. The standard InChI is InChI=1S/C19H22O4/c1-14(2)12-22-13-17(15-8-4-3-5-9-15)16-10-6-7-11-18(16)23-19(20)21/h3-11,14,17H,12-13H2,1-2H3,(H,20,21). The molecule has 122 valence electrons. The maximum absolute atomic E-state index is 10.9. The Bertz CT molecular complexity index is 622. The quantitative estimate of drug-likeness (QED) is 0.602. The number of benzene rings is 2. The van der Waals surface area contributed by atoms with E-state index >= 15 is 0 Å². The predicted octanol–water partition coefficient (Wildman–Crippen LogP) is 4.55. The number of hydrogen-bond acceptors (Lipinski definition) is 3. The van der Waals surface area contributed by atoms with E-state index in [0.29, 0.717) is 24.9 Å². The second kappa shape index (κ2) is 8.34. The first-order valence-corrected chi connectivity index (χ1v) is 7.70. The van der Waals surface area contributed by atoms with E-state index in [0.717, 1.165) is 11.1 Å². The van der Waals surface area contributed by atoms with Crippen LogP contribution in [0.2, 0.25) is 0 Å². The first-order chi connectivity index (χ1) is 11.1. The SMILES string of the molecule is CC(C)COCC(c1ccccc1)c1ccccc1OC(=O)O. The summed E-state index contributed by atoms with van der Waals surface area (Å²) in [5, 5.41) is 8.94. The average molecular weight is 314 g/mol. The molecule has 1 N–H and O–H groups in total. The maximum Gasteiger partial charge on any atom is 0.511 e. The zero-order valence-electron chi connectivity index (χ0n) is 13.4. The third-order valence-electron chi connectivity index (χ3n) is 3.43. The minimum Gasteiger partial charge on any atom is -0.449 e. The van der Waals surface area contributed by atoms with Crippen molar-refractivity contribution in [3.8, 4) is 5.75 Å². The Balaban J connectivity index is 2.31. The van der Waals surface area contributed by atoms with E-state index in [1.807, 2.05) is 42.5 Å². The predicted molar refractivity (Wildman–Crippen MR) is 89.0 cm³/mol. The highest BCUT2D eigenvalue weighted by atomic mass is 16.7. The van der Waals surface area contributed by atoms with Crippen molar-refractivity contribution in [2.45, 2.75) is 19.8 Å². The van der Waals surface area contributed by atoms with Crippen molar-refractivity contribution in [3.63, 3.8) is 0 Å². The van der Waals surface area contributed by atoms with Crippen molar-refractivity contribution in [1.29, 1.82) is 0 Å². The Morgan fingerprint density at radius 1 is 1.00 bits per heavy atom. The van der Waals surface area contributed by atoms with Gasteiger partial charge in [-0.05, 0) is 17.5 Å². The summed E-state index contributed by atoms with van der Waals surface area (Å²) in [5.41, 5.74) is 1.88. The van der Waals surface area contributed by atoms with Crippen LogP contribution in [0.1, 0.15) is 30.9 Å².